The summed E-state index contributed by atoms with van der Waals surface area (Å²) in [7, 11) is 0. The van der Waals surface area contributed by atoms with E-state index in [1.165, 1.54) is 6.92 Å². The minimum atomic E-state index is -1.53. The number of para-hydroxylation sites is 1. The Morgan fingerprint density at radius 3 is 2.30 bits per heavy atom. The van der Waals surface area contributed by atoms with Crippen LogP contribution in [0.4, 0.5) is 0 Å². The normalized spacial score (nSPS) is 15.3. The molecule has 2 rings (SSSR count). The molecule has 37 heavy (non-hydrogen) atoms. The zero-order valence-corrected chi connectivity index (χ0v) is 20.6. The third-order valence-corrected chi connectivity index (χ3v) is 5.90. The smallest absolute Gasteiger partial charge is 0.326 e. The molecule has 0 bridgehead atoms. The Kier molecular flexibility index (Phi) is 11.5. The van der Waals surface area contributed by atoms with Gasteiger partial charge < -0.3 is 47.7 Å². The van der Waals surface area contributed by atoms with Crippen molar-refractivity contribution in [1.82, 2.24) is 20.9 Å². The fourth-order valence-electron chi connectivity index (χ4n) is 3.75. The summed E-state index contributed by atoms with van der Waals surface area (Å²) in [5.41, 5.74) is 12.7. The summed E-state index contributed by atoms with van der Waals surface area (Å²) in [5, 5.41) is 37.1. The predicted molar refractivity (Wildman–Crippen MR) is 135 cm³/mol. The van der Waals surface area contributed by atoms with Crippen LogP contribution in [0, 0.1) is 0 Å². The lowest BCUT2D eigenvalue weighted by Gasteiger charge is -2.25. The standard InChI is InChI=1S/C24H36N6O7/c1-13(32)20(30-21(33)16(26)7-4-5-9-25)23(35)29-19(12-31)22(34)28-18(24(36)37)10-14-11-27-17-8-3-2-6-15(14)17/h2-3,6,8,11,13,16,18-20,27,31-32H,4-5,7,9-10,12,25-26H2,1H3,(H,28,34)(H,29,35)(H,30,33)(H,36,37). The van der Waals surface area contributed by atoms with Crippen LogP contribution in [0.5, 0.6) is 0 Å². The highest BCUT2D eigenvalue weighted by atomic mass is 16.4. The van der Waals surface area contributed by atoms with Crippen LogP contribution < -0.4 is 27.4 Å². The van der Waals surface area contributed by atoms with Crippen molar-refractivity contribution in [2.24, 2.45) is 11.5 Å². The summed E-state index contributed by atoms with van der Waals surface area (Å²) >= 11 is 0. The Hall–Kier alpha value is -3.52. The number of H-pyrrole nitrogens is 1. The number of carbonyl (C=O) groups is 4. The molecule has 0 aliphatic heterocycles. The van der Waals surface area contributed by atoms with Crippen LogP contribution in [0.15, 0.2) is 30.5 Å². The van der Waals surface area contributed by atoms with E-state index in [0.29, 0.717) is 31.4 Å². The van der Waals surface area contributed by atoms with Crippen molar-refractivity contribution >= 4 is 34.6 Å². The molecule has 13 heteroatoms. The van der Waals surface area contributed by atoms with Gasteiger partial charge in [0.05, 0.1) is 18.8 Å². The van der Waals surface area contributed by atoms with Crippen molar-refractivity contribution in [2.75, 3.05) is 13.2 Å². The van der Waals surface area contributed by atoms with Crippen molar-refractivity contribution in [3.8, 4) is 0 Å². The highest BCUT2D eigenvalue weighted by Crippen LogP contribution is 2.19. The number of aromatic amines is 1. The summed E-state index contributed by atoms with van der Waals surface area (Å²) in [5.74, 6) is -3.88. The van der Waals surface area contributed by atoms with Crippen LogP contribution in [-0.2, 0) is 25.6 Å². The van der Waals surface area contributed by atoms with Crippen molar-refractivity contribution in [2.45, 2.75) is 62.9 Å². The molecule has 0 saturated heterocycles. The maximum Gasteiger partial charge on any atom is 0.326 e. The molecule has 11 N–H and O–H groups in total. The molecule has 5 unspecified atom stereocenters. The number of nitrogens with two attached hydrogens (primary N) is 2. The summed E-state index contributed by atoms with van der Waals surface area (Å²) in [6, 6.07) is 1.99. The van der Waals surface area contributed by atoms with Gasteiger partial charge in [-0.05, 0) is 37.9 Å². The Balaban J connectivity index is 2.04. The molecule has 0 radical (unpaired) electrons. The molecule has 2 aromatic rings. The number of aromatic nitrogens is 1. The van der Waals surface area contributed by atoms with Gasteiger partial charge in [0.25, 0.3) is 0 Å². The van der Waals surface area contributed by atoms with Crippen molar-refractivity contribution < 1.29 is 34.5 Å². The Morgan fingerprint density at radius 2 is 1.68 bits per heavy atom. The second kappa shape index (κ2) is 14.3. The molecule has 0 spiro atoms. The van der Waals surface area contributed by atoms with E-state index >= 15 is 0 Å². The molecular formula is C24H36N6O7. The van der Waals surface area contributed by atoms with E-state index in [9.17, 15) is 34.5 Å². The third-order valence-electron chi connectivity index (χ3n) is 5.90. The van der Waals surface area contributed by atoms with Gasteiger partial charge in [-0.3, -0.25) is 14.4 Å². The lowest BCUT2D eigenvalue weighted by molar-refractivity contribution is -0.142. The number of aliphatic hydroxyl groups is 2. The molecule has 0 fully saturated rings. The van der Waals surface area contributed by atoms with Gasteiger partial charge in [0.2, 0.25) is 17.7 Å². The first-order chi connectivity index (χ1) is 17.6. The van der Waals surface area contributed by atoms with Crippen LogP contribution in [0.2, 0.25) is 0 Å². The maximum absolute atomic E-state index is 12.7. The van der Waals surface area contributed by atoms with Gasteiger partial charge in [0.1, 0.15) is 18.1 Å². The summed E-state index contributed by atoms with van der Waals surface area (Å²) in [6.45, 7) is 0.860. The van der Waals surface area contributed by atoms with Gasteiger partial charge in [-0.25, -0.2) is 4.79 Å². The van der Waals surface area contributed by atoms with E-state index in [4.69, 9.17) is 11.5 Å². The van der Waals surface area contributed by atoms with Gasteiger partial charge in [-0.15, -0.1) is 0 Å². The zero-order valence-electron chi connectivity index (χ0n) is 20.6. The molecule has 0 saturated carbocycles. The highest BCUT2D eigenvalue weighted by molar-refractivity contribution is 5.94. The van der Waals surface area contributed by atoms with Crippen LogP contribution >= 0.6 is 0 Å². The molecule has 204 valence electrons. The minimum absolute atomic E-state index is 0.0500. The molecule has 0 aliphatic rings. The van der Waals surface area contributed by atoms with Gasteiger partial charge in [0.15, 0.2) is 0 Å². The Labute approximate surface area is 214 Å². The highest BCUT2D eigenvalue weighted by Gasteiger charge is 2.32. The molecular weight excluding hydrogens is 484 g/mol. The number of aliphatic hydroxyl groups excluding tert-OH is 2. The van der Waals surface area contributed by atoms with Gasteiger partial charge >= 0.3 is 5.97 Å². The van der Waals surface area contributed by atoms with E-state index in [-0.39, 0.29) is 6.42 Å². The molecule has 1 aromatic carbocycles. The number of hydrogen-bond acceptors (Lipinski definition) is 8. The second-order valence-electron chi connectivity index (χ2n) is 8.82. The fourth-order valence-corrected chi connectivity index (χ4v) is 3.75. The van der Waals surface area contributed by atoms with Gasteiger partial charge in [-0.1, -0.05) is 24.6 Å². The van der Waals surface area contributed by atoms with Gasteiger partial charge in [0, 0.05) is 23.5 Å². The van der Waals surface area contributed by atoms with Gasteiger partial charge in [-0.2, -0.15) is 0 Å². The average Bonchev–Trinajstić information content (AvgIpc) is 3.27. The number of unbranched alkanes of at least 4 members (excludes halogenated alkanes) is 1. The molecule has 13 nitrogen and oxygen atoms in total. The number of carboxylic acids is 1. The van der Waals surface area contributed by atoms with E-state index < -0.39 is 60.6 Å². The average molecular weight is 521 g/mol. The first kappa shape index (κ1) is 29.7. The SMILES string of the molecule is CC(O)C(NC(=O)C(N)CCCCN)C(=O)NC(CO)C(=O)NC(Cc1c[nH]c2ccccc12)C(=O)O. The second-order valence-corrected chi connectivity index (χ2v) is 8.82. The molecule has 5 atom stereocenters. The lowest BCUT2D eigenvalue weighted by atomic mass is 10.0. The number of nitrogens with one attached hydrogen (secondary N) is 4. The predicted octanol–water partition coefficient (Wildman–Crippen LogP) is -1.92. The quantitative estimate of drug-likeness (QED) is 0.119. The van der Waals surface area contributed by atoms with Crippen molar-refractivity contribution in [3.05, 3.63) is 36.0 Å². The number of carbonyl (C=O) groups excluding carboxylic acids is 3. The first-order valence-electron chi connectivity index (χ1n) is 12.0. The number of fused-ring (bicyclic) bond motifs is 1. The van der Waals surface area contributed by atoms with Crippen LogP contribution in [0.25, 0.3) is 10.9 Å². The maximum atomic E-state index is 12.7. The van der Waals surface area contributed by atoms with E-state index in [1.807, 2.05) is 18.2 Å². The zero-order chi connectivity index (χ0) is 27.5. The van der Waals surface area contributed by atoms with E-state index in [2.05, 4.69) is 20.9 Å². The summed E-state index contributed by atoms with van der Waals surface area (Å²) in [6.07, 6.45) is 1.85. The molecule has 1 heterocycles. The number of aliphatic carboxylic acids is 1. The van der Waals surface area contributed by atoms with Crippen molar-refractivity contribution in [1.29, 1.82) is 0 Å². The van der Waals surface area contributed by atoms with Crippen LogP contribution in [-0.4, -0.2) is 87.4 Å². The number of amides is 3. The molecule has 3 amide bonds. The lowest BCUT2D eigenvalue weighted by Crippen LogP contribution is -2.60. The van der Waals surface area contributed by atoms with Crippen LogP contribution in [0.3, 0.4) is 0 Å². The Morgan fingerprint density at radius 1 is 1.00 bits per heavy atom. The third kappa shape index (κ3) is 8.53. The summed E-state index contributed by atoms with van der Waals surface area (Å²) < 4.78 is 0. The topological polar surface area (TPSA) is 233 Å². The number of benzene rings is 1. The van der Waals surface area contributed by atoms with Crippen LogP contribution in [0.1, 0.15) is 31.7 Å². The molecule has 0 aliphatic carbocycles. The molecule has 1 aromatic heterocycles. The minimum Gasteiger partial charge on any atom is -0.480 e. The monoisotopic (exact) mass is 520 g/mol. The summed E-state index contributed by atoms with van der Waals surface area (Å²) in [4.78, 5) is 52.7. The number of rotatable bonds is 15. The Bertz CT molecular complexity index is 1070. The van der Waals surface area contributed by atoms with Crippen molar-refractivity contribution in [3.63, 3.8) is 0 Å². The number of hydrogen-bond donors (Lipinski definition) is 9. The largest absolute Gasteiger partial charge is 0.480 e. The first-order valence-corrected chi connectivity index (χ1v) is 12.0. The van der Waals surface area contributed by atoms with E-state index in [1.54, 1.807) is 12.3 Å². The fraction of sp³-hybridized carbons (Fsp3) is 0.500. The number of carboxylic acid groups (broad SMARTS) is 1. The van der Waals surface area contributed by atoms with E-state index in [0.717, 1.165) is 10.9 Å².